The molecule has 5 heteroatoms. The Balaban J connectivity index is 1.53. The lowest BCUT2D eigenvalue weighted by molar-refractivity contribution is 0.0620. The molecule has 0 radical (unpaired) electrons. The molecule has 2 bridgehead atoms. The van der Waals surface area contributed by atoms with Crippen molar-refractivity contribution in [1.29, 1.82) is 0 Å². The first-order valence-electron chi connectivity index (χ1n) is 7.49. The highest BCUT2D eigenvalue weighted by Crippen LogP contribution is 2.27. The largest absolute Gasteiger partial charge is 0.348 e. The molecule has 2 aromatic rings. The number of hydrogen-bond donors (Lipinski definition) is 1. The number of carbonyl (C=O) groups excluding carboxylic acids is 1. The molecule has 1 atom stereocenters. The van der Waals surface area contributed by atoms with E-state index in [2.05, 4.69) is 26.1 Å². The lowest BCUT2D eigenvalue weighted by Crippen LogP contribution is -2.57. The Morgan fingerprint density at radius 1 is 1.24 bits per heavy atom. The molecule has 21 heavy (non-hydrogen) atoms. The second-order valence-electron chi connectivity index (χ2n) is 6.13. The molecular weight excluding hydrogens is 330 g/mol. The van der Waals surface area contributed by atoms with Gasteiger partial charge in [0.25, 0.3) is 5.91 Å². The fourth-order valence-electron chi connectivity index (χ4n) is 3.59. The molecule has 3 aliphatic heterocycles. The van der Waals surface area contributed by atoms with Crippen molar-refractivity contribution in [2.75, 3.05) is 19.6 Å². The van der Waals surface area contributed by atoms with E-state index in [1.807, 2.05) is 35.0 Å². The monoisotopic (exact) mass is 347 g/mol. The summed E-state index contributed by atoms with van der Waals surface area (Å²) < 4.78 is 2.99. The molecule has 5 heterocycles. The summed E-state index contributed by atoms with van der Waals surface area (Å²) >= 11 is 3.45. The third-order valence-corrected chi connectivity index (χ3v) is 5.26. The molecule has 4 nitrogen and oxygen atoms in total. The number of nitrogens with zero attached hydrogens (tertiary/aromatic N) is 2. The van der Waals surface area contributed by atoms with E-state index >= 15 is 0 Å². The van der Waals surface area contributed by atoms with Crippen LogP contribution < -0.4 is 5.32 Å². The van der Waals surface area contributed by atoms with E-state index in [-0.39, 0.29) is 5.91 Å². The Kier molecular flexibility index (Phi) is 3.27. The number of carbonyl (C=O) groups is 1. The summed E-state index contributed by atoms with van der Waals surface area (Å²) in [5, 5.41) is 3.24. The maximum Gasteiger partial charge on any atom is 0.253 e. The fraction of sp³-hybridized carbons (Fsp3) is 0.438. The van der Waals surface area contributed by atoms with Crippen LogP contribution in [0.25, 0.3) is 5.52 Å². The molecular formula is C16H18BrN3O. The Morgan fingerprint density at radius 3 is 2.76 bits per heavy atom. The van der Waals surface area contributed by atoms with Crippen LogP contribution in [0.5, 0.6) is 0 Å². The second kappa shape index (κ2) is 5.14. The molecule has 1 amide bonds. The quantitative estimate of drug-likeness (QED) is 0.906. The predicted octanol–water partition coefficient (Wildman–Crippen LogP) is 2.53. The smallest absolute Gasteiger partial charge is 0.253 e. The summed E-state index contributed by atoms with van der Waals surface area (Å²) in [4.78, 5) is 14.9. The van der Waals surface area contributed by atoms with Crippen molar-refractivity contribution in [1.82, 2.24) is 14.6 Å². The molecule has 0 unspecified atom stereocenters. The fourth-order valence-corrected chi connectivity index (χ4v) is 3.94. The number of aromatic nitrogens is 1. The summed E-state index contributed by atoms with van der Waals surface area (Å²) in [7, 11) is 0. The molecule has 0 aromatic carbocycles. The number of fused-ring (bicyclic) bond motifs is 4. The minimum absolute atomic E-state index is 0.0496. The van der Waals surface area contributed by atoms with E-state index in [4.69, 9.17) is 0 Å². The highest BCUT2D eigenvalue weighted by atomic mass is 79.9. The molecule has 2 aromatic heterocycles. The first-order chi connectivity index (χ1) is 10.2. The van der Waals surface area contributed by atoms with Crippen LogP contribution in [-0.2, 0) is 0 Å². The third-order valence-electron chi connectivity index (χ3n) is 4.79. The maximum absolute atomic E-state index is 12.5. The standard InChI is InChI=1S/C16H18BrN3O/c17-13-1-2-14-7-12(8-20(14)9-13)16(21)18-15-10-19-5-3-11(15)4-6-19/h1-2,7-9,11,15H,3-6,10H2,(H,18,21)/t15-/m0/s1. The third kappa shape index (κ3) is 2.49. The van der Waals surface area contributed by atoms with Crippen molar-refractivity contribution >= 4 is 27.4 Å². The van der Waals surface area contributed by atoms with Gasteiger partial charge in [-0.2, -0.15) is 0 Å². The summed E-state index contributed by atoms with van der Waals surface area (Å²) in [6.07, 6.45) is 6.31. The number of hydrogen-bond acceptors (Lipinski definition) is 2. The lowest BCUT2D eigenvalue weighted by Gasteiger charge is -2.44. The first kappa shape index (κ1) is 13.3. The van der Waals surface area contributed by atoms with Gasteiger partial charge < -0.3 is 14.6 Å². The summed E-state index contributed by atoms with van der Waals surface area (Å²) in [6.45, 7) is 3.40. The predicted molar refractivity (Wildman–Crippen MR) is 85.5 cm³/mol. The molecule has 0 aliphatic carbocycles. The zero-order valence-electron chi connectivity index (χ0n) is 11.8. The lowest BCUT2D eigenvalue weighted by atomic mass is 9.84. The van der Waals surface area contributed by atoms with Gasteiger partial charge in [0.15, 0.2) is 0 Å². The number of piperidine rings is 3. The SMILES string of the molecule is O=C(N[C@H]1CN2CCC1CC2)c1cc2ccc(Br)cn2c1. The van der Waals surface area contributed by atoms with Gasteiger partial charge in [0, 0.05) is 35.0 Å². The van der Waals surface area contributed by atoms with Crippen LogP contribution in [0.1, 0.15) is 23.2 Å². The number of nitrogens with one attached hydrogen (secondary N) is 1. The van der Waals surface area contributed by atoms with Crippen molar-refractivity contribution in [3.05, 3.63) is 40.6 Å². The second-order valence-corrected chi connectivity index (χ2v) is 7.04. The van der Waals surface area contributed by atoms with Crippen LogP contribution in [0, 0.1) is 5.92 Å². The van der Waals surface area contributed by atoms with Crippen LogP contribution in [0.4, 0.5) is 0 Å². The van der Waals surface area contributed by atoms with Gasteiger partial charge in [-0.05, 0) is 66.0 Å². The number of halogens is 1. The molecule has 110 valence electrons. The van der Waals surface area contributed by atoms with Gasteiger partial charge in [0.2, 0.25) is 0 Å². The van der Waals surface area contributed by atoms with Gasteiger partial charge in [0.1, 0.15) is 0 Å². The van der Waals surface area contributed by atoms with Crippen molar-refractivity contribution in [3.63, 3.8) is 0 Å². The van der Waals surface area contributed by atoms with E-state index < -0.39 is 0 Å². The highest BCUT2D eigenvalue weighted by molar-refractivity contribution is 9.10. The molecule has 3 fully saturated rings. The summed E-state index contributed by atoms with van der Waals surface area (Å²) in [5.41, 5.74) is 1.78. The van der Waals surface area contributed by atoms with Gasteiger partial charge in [0.05, 0.1) is 5.56 Å². The Hall–Kier alpha value is -1.33. The van der Waals surface area contributed by atoms with Gasteiger partial charge in [-0.25, -0.2) is 0 Å². The van der Waals surface area contributed by atoms with Crippen molar-refractivity contribution in [2.24, 2.45) is 5.92 Å². The molecule has 0 saturated carbocycles. The molecule has 0 spiro atoms. The van der Waals surface area contributed by atoms with E-state index in [1.54, 1.807) is 0 Å². The molecule has 5 rings (SSSR count). The van der Waals surface area contributed by atoms with E-state index in [9.17, 15) is 4.79 Å². The van der Waals surface area contributed by atoms with Gasteiger partial charge in [-0.15, -0.1) is 0 Å². The van der Waals surface area contributed by atoms with Crippen molar-refractivity contribution < 1.29 is 4.79 Å². The molecule has 1 N–H and O–H groups in total. The minimum Gasteiger partial charge on any atom is -0.348 e. The highest BCUT2D eigenvalue weighted by Gasteiger charge is 2.35. The van der Waals surface area contributed by atoms with Crippen LogP contribution in [0.15, 0.2) is 35.1 Å². The maximum atomic E-state index is 12.5. The zero-order valence-corrected chi connectivity index (χ0v) is 13.3. The van der Waals surface area contributed by atoms with Crippen LogP contribution in [-0.4, -0.2) is 40.9 Å². The minimum atomic E-state index is 0.0496. The summed E-state index contributed by atoms with van der Waals surface area (Å²) in [5.74, 6) is 0.707. The Morgan fingerprint density at radius 2 is 2.05 bits per heavy atom. The van der Waals surface area contributed by atoms with E-state index in [1.165, 1.54) is 25.9 Å². The van der Waals surface area contributed by atoms with Crippen LogP contribution >= 0.6 is 15.9 Å². The molecule has 3 saturated heterocycles. The van der Waals surface area contributed by atoms with Crippen molar-refractivity contribution in [2.45, 2.75) is 18.9 Å². The normalized spacial score (nSPS) is 28.0. The Labute approximate surface area is 132 Å². The first-order valence-corrected chi connectivity index (χ1v) is 8.29. The molecule has 3 aliphatic rings. The van der Waals surface area contributed by atoms with E-state index in [0.717, 1.165) is 22.1 Å². The number of rotatable bonds is 2. The number of amides is 1. The Bertz CT molecular complexity index is 688. The average molecular weight is 348 g/mol. The zero-order chi connectivity index (χ0) is 14.4. The summed E-state index contributed by atoms with van der Waals surface area (Å²) in [6, 6.07) is 6.26. The van der Waals surface area contributed by atoms with Crippen molar-refractivity contribution in [3.8, 4) is 0 Å². The van der Waals surface area contributed by atoms with E-state index in [0.29, 0.717) is 12.0 Å². The average Bonchev–Trinajstić information content (AvgIpc) is 2.91. The van der Waals surface area contributed by atoms with Gasteiger partial charge in [-0.1, -0.05) is 0 Å². The van der Waals surface area contributed by atoms with Gasteiger partial charge >= 0.3 is 0 Å². The number of pyridine rings is 1. The van der Waals surface area contributed by atoms with Gasteiger partial charge in [-0.3, -0.25) is 4.79 Å². The van der Waals surface area contributed by atoms with Crippen LogP contribution in [0.3, 0.4) is 0 Å². The topological polar surface area (TPSA) is 36.8 Å². The van der Waals surface area contributed by atoms with Crippen LogP contribution in [0.2, 0.25) is 0 Å².